The molecule has 0 radical (unpaired) electrons. The first kappa shape index (κ1) is 15.2. The molecule has 0 amide bonds. The van der Waals surface area contributed by atoms with E-state index in [1.54, 1.807) is 17.5 Å². The van der Waals surface area contributed by atoms with Crippen LogP contribution in [0.25, 0.3) is 11.5 Å². The van der Waals surface area contributed by atoms with E-state index in [0.29, 0.717) is 11.7 Å². The quantitative estimate of drug-likeness (QED) is 0.697. The zero-order valence-electron chi connectivity index (χ0n) is 12.2. The molecular formula is C15H15BrN4OS. The standard InChI is InChI=1S/C15H15BrN4OS/c1-9(2)14-19-15(21-20-14)10-3-4-17-13(5-10)18-7-12-6-11(16)8-22-12/h3-6,8-9H,7H2,1-2H3,(H,17,18). The van der Waals surface area contributed by atoms with Crippen molar-refractivity contribution in [1.82, 2.24) is 15.1 Å². The maximum atomic E-state index is 5.31. The minimum absolute atomic E-state index is 0.245. The van der Waals surface area contributed by atoms with E-state index in [-0.39, 0.29) is 5.92 Å². The molecule has 0 aromatic carbocycles. The van der Waals surface area contributed by atoms with E-state index in [1.807, 2.05) is 26.0 Å². The summed E-state index contributed by atoms with van der Waals surface area (Å²) in [5.74, 6) is 2.26. The molecule has 0 fully saturated rings. The van der Waals surface area contributed by atoms with Crippen LogP contribution in [0.2, 0.25) is 0 Å². The molecule has 0 saturated carbocycles. The Morgan fingerprint density at radius 2 is 2.23 bits per heavy atom. The van der Waals surface area contributed by atoms with Gasteiger partial charge >= 0.3 is 0 Å². The van der Waals surface area contributed by atoms with Crippen molar-refractivity contribution in [3.8, 4) is 11.5 Å². The third kappa shape index (κ3) is 3.53. The predicted molar refractivity (Wildman–Crippen MR) is 91.0 cm³/mol. The van der Waals surface area contributed by atoms with Gasteiger partial charge in [-0.1, -0.05) is 19.0 Å². The topological polar surface area (TPSA) is 63.8 Å². The largest absolute Gasteiger partial charge is 0.365 e. The number of aromatic nitrogens is 3. The van der Waals surface area contributed by atoms with Gasteiger partial charge in [-0.25, -0.2) is 4.98 Å². The second kappa shape index (κ2) is 6.58. The van der Waals surface area contributed by atoms with Crippen molar-refractivity contribution in [3.63, 3.8) is 0 Å². The molecule has 114 valence electrons. The smallest absolute Gasteiger partial charge is 0.258 e. The number of anilines is 1. The molecule has 0 atom stereocenters. The Morgan fingerprint density at radius 1 is 1.36 bits per heavy atom. The Labute approximate surface area is 140 Å². The van der Waals surface area contributed by atoms with Crippen LogP contribution in [-0.4, -0.2) is 15.1 Å². The van der Waals surface area contributed by atoms with E-state index in [1.165, 1.54) is 4.88 Å². The van der Waals surface area contributed by atoms with Gasteiger partial charge in [0.1, 0.15) is 5.82 Å². The van der Waals surface area contributed by atoms with Crippen LogP contribution in [0.4, 0.5) is 5.82 Å². The fourth-order valence-electron chi connectivity index (χ4n) is 1.87. The van der Waals surface area contributed by atoms with Crippen LogP contribution in [0.1, 0.15) is 30.5 Å². The molecule has 0 saturated heterocycles. The van der Waals surface area contributed by atoms with E-state index >= 15 is 0 Å². The van der Waals surface area contributed by atoms with Crippen LogP contribution in [0.3, 0.4) is 0 Å². The van der Waals surface area contributed by atoms with Gasteiger partial charge in [-0.05, 0) is 34.1 Å². The van der Waals surface area contributed by atoms with Crippen LogP contribution in [0.5, 0.6) is 0 Å². The normalized spacial score (nSPS) is 11.1. The molecule has 0 bridgehead atoms. The lowest BCUT2D eigenvalue weighted by atomic mass is 10.2. The molecule has 0 aliphatic carbocycles. The van der Waals surface area contributed by atoms with Gasteiger partial charge < -0.3 is 9.84 Å². The van der Waals surface area contributed by atoms with Crippen LogP contribution >= 0.6 is 27.3 Å². The highest BCUT2D eigenvalue weighted by Crippen LogP contribution is 2.23. The van der Waals surface area contributed by atoms with E-state index in [0.717, 1.165) is 22.4 Å². The van der Waals surface area contributed by atoms with E-state index in [9.17, 15) is 0 Å². The summed E-state index contributed by atoms with van der Waals surface area (Å²) < 4.78 is 6.41. The lowest BCUT2D eigenvalue weighted by molar-refractivity contribution is 0.419. The lowest BCUT2D eigenvalue weighted by Crippen LogP contribution is -1.99. The average Bonchev–Trinajstić information content (AvgIpc) is 3.14. The summed E-state index contributed by atoms with van der Waals surface area (Å²) in [6.45, 7) is 4.80. The van der Waals surface area contributed by atoms with E-state index in [2.05, 4.69) is 47.8 Å². The first-order valence-corrected chi connectivity index (χ1v) is 8.56. The number of rotatable bonds is 5. The molecule has 0 unspecified atom stereocenters. The lowest BCUT2D eigenvalue weighted by Gasteiger charge is -2.04. The highest BCUT2D eigenvalue weighted by molar-refractivity contribution is 9.10. The molecule has 3 heterocycles. The van der Waals surface area contributed by atoms with Gasteiger partial charge in [0, 0.05) is 32.4 Å². The van der Waals surface area contributed by atoms with Crippen LogP contribution in [-0.2, 0) is 6.54 Å². The van der Waals surface area contributed by atoms with Crippen molar-refractivity contribution in [2.45, 2.75) is 26.3 Å². The molecular weight excluding hydrogens is 364 g/mol. The summed E-state index contributed by atoms with van der Waals surface area (Å²) in [5, 5.41) is 9.35. The highest BCUT2D eigenvalue weighted by atomic mass is 79.9. The van der Waals surface area contributed by atoms with Crippen molar-refractivity contribution in [2.75, 3.05) is 5.32 Å². The molecule has 0 spiro atoms. The second-order valence-corrected chi connectivity index (χ2v) is 7.04. The van der Waals surface area contributed by atoms with Crippen molar-refractivity contribution in [2.24, 2.45) is 0 Å². The number of hydrogen-bond acceptors (Lipinski definition) is 6. The Balaban J connectivity index is 1.74. The molecule has 0 aliphatic heterocycles. The van der Waals surface area contributed by atoms with Crippen LogP contribution < -0.4 is 5.32 Å². The van der Waals surface area contributed by atoms with Gasteiger partial charge in [0.2, 0.25) is 0 Å². The molecule has 3 aromatic rings. The summed E-state index contributed by atoms with van der Waals surface area (Å²) in [7, 11) is 0. The fourth-order valence-corrected chi connectivity index (χ4v) is 3.26. The number of halogens is 1. The Bertz CT molecular complexity index is 768. The summed E-state index contributed by atoms with van der Waals surface area (Å²) >= 11 is 5.15. The molecule has 3 rings (SSSR count). The second-order valence-electron chi connectivity index (χ2n) is 5.13. The highest BCUT2D eigenvalue weighted by Gasteiger charge is 2.12. The third-order valence-corrected chi connectivity index (χ3v) is 4.73. The monoisotopic (exact) mass is 378 g/mol. The van der Waals surface area contributed by atoms with Crippen molar-refractivity contribution in [3.05, 3.63) is 45.0 Å². The van der Waals surface area contributed by atoms with Crippen molar-refractivity contribution < 1.29 is 4.52 Å². The molecule has 3 aromatic heterocycles. The summed E-state index contributed by atoms with van der Waals surface area (Å²) in [6, 6.07) is 5.87. The molecule has 1 N–H and O–H groups in total. The first-order chi connectivity index (χ1) is 10.6. The number of nitrogens with zero attached hydrogens (tertiary/aromatic N) is 3. The van der Waals surface area contributed by atoms with Gasteiger partial charge in [0.05, 0.1) is 6.54 Å². The van der Waals surface area contributed by atoms with Gasteiger partial charge in [-0.2, -0.15) is 4.98 Å². The molecule has 7 heteroatoms. The van der Waals surface area contributed by atoms with Gasteiger partial charge in [0.15, 0.2) is 5.82 Å². The van der Waals surface area contributed by atoms with E-state index < -0.39 is 0 Å². The number of pyridine rings is 1. The number of hydrogen-bond donors (Lipinski definition) is 1. The van der Waals surface area contributed by atoms with Crippen molar-refractivity contribution in [1.29, 1.82) is 0 Å². The molecule has 5 nitrogen and oxygen atoms in total. The van der Waals surface area contributed by atoms with Gasteiger partial charge in [-0.3, -0.25) is 0 Å². The minimum Gasteiger partial charge on any atom is -0.365 e. The Morgan fingerprint density at radius 3 is 2.91 bits per heavy atom. The average molecular weight is 379 g/mol. The summed E-state index contributed by atoms with van der Waals surface area (Å²) in [4.78, 5) is 9.96. The minimum atomic E-state index is 0.245. The summed E-state index contributed by atoms with van der Waals surface area (Å²) in [6.07, 6.45) is 1.74. The van der Waals surface area contributed by atoms with Crippen LogP contribution in [0.15, 0.2) is 38.8 Å². The summed E-state index contributed by atoms with van der Waals surface area (Å²) in [5.41, 5.74) is 0.865. The number of thiophene rings is 1. The molecule has 22 heavy (non-hydrogen) atoms. The first-order valence-electron chi connectivity index (χ1n) is 6.88. The zero-order valence-corrected chi connectivity index (χ0v) is 14.6. The predicted octanol–water partition coefficient (Wildman–Crippen LogP) is 4.69. The zero-order chi connectivity index (χ0) is 15.5. The van der Waals surface area contributed by atoms with Crippen LogP contribution in [0, 0.1) is 0 Å². The maximum Gasteiger partial charge on any atom is 0.258 e. The SMILES string of the molecule is CC(C)c1noc(-c2ccnc(NCc3cc(Br)cs3)c2)n1. The Hall–Kier alpha value is -1.73. The Kier molecular flexibility index (Phi) is 4.54. The van der Waals surface area contributed by atoms with E-state index in [4.69, 9.17) is 4.52 Å². The third-order valence-electron chi connectivity index (χ3n) is 3.03. The molecule has 0 aliphatic rings. The fraction of sp³-hybridized carbons (Fsp3) is 0.267. The van der Waals surface area contributed by atoms with Gasteiger partial charge in [-0.15, -0.1) is 11.3 Å². The van der Waals surface area contributed by atoms with Crippen molar-refractivity contribution >= 4 is 33.1 Å². The van der Waals surface area contributed by atoms with Gasteiger partial charge in [0.25, 0.3) is 5.89 Å². The maximum absolute atomic E-state index is 5.31. The number of nitrogens with one attached hydrogen (secondary N) is 1.